The van der Waals surface area contributed by atoms with Gasteiger partial charge in [-0.3, -0.25) is 4.79 Å². The minimum absolute atomic E-state index is 0.0539. The maximum absolute atomic E-state index is 11.5. The topological polar surface area (TPSA) is 17.1 Å². The van der Waals surface area contributed by atoms with Crippen molar-refractivity contribution in [3.8, 4) is 0 Å². The molecule has 0 radical (unpaired) electrons. The molecule has 0 fully saturated rings. The first-order valence-electron chi connectivity index (χ1n) is 5.31. The van der Waals surface area contributed by atoms with Crippen molar-refractivity contribution >= 4 is 40.7 Å². The maximum Gasteiger partial charge on any atom is 0.160 e. The molecule has 92 valence electrons. The van der Waals surface area contributed by atoms with Crippen LogP contribution in [0.3, 0.4) is 0 Å². The first kappa shape index (κ1) is 13.5. The van der Waals surface area contributed by atoms with E-state index in [9.17, 15) is 4.79 Å². The Morgan fingerprint density at radius 3 is 2.44 bits per heavy atom. The number of benzene rings is 2. The van der Waals surface area contributed by atoms with Gasteiger partial charge in [-0.15, -0.1) is 0 Å². The largest absolute Gasteiger partial charge is 0.294 e. The summed E-state index contributed by atoms with van der Waals surface area (Å²) < 4.78 is 0. The summed E-state index contributed by atoms with van der Waals surface area (Å²) >= 11 is 13.3. The van der Waals surface area contributed by atoms with E-state index in [1.165, 1.54) is 11.8 Å². The molecule has 0 heterocycles. The third kappa shape index (κ3) is 3.08. The molecule has 2 aromatic carbocycles. The highest BCUT2D eigenvalue weighted by Gasteiger charge is 2.08. The minimum Gasteiger partial charge on any atom is -0.294 e. The molecule has 0 aromatic heterocycles. The monoisotopic (exact) mass is 296 g/mol. The molecule has 0 spiro atoms. The SMILES string of the molecule is CC(=O)c1ccccc1Sc1ccc(Cl)c(Cl)c1. The molecule has 0 aliphatic rings. The summed E-state index contributed by atoms with van der Waals surface area (Å²) in [5.74, 6) is 0.0539. The zero-order valence-corrected chi connectivity index (χ0v) is 11.9. The van der Waals surface area contributed by atoms with E-state index in [2.05, 4.69) is 0 Å². The number of carbonyl (C=O) groups is 1. The molecule has 0 bridgehead atoms. The molecular formula is C14H10Cl2OS. The van der Waals surface area contributed by atoms with Gasteiger partial charge in [0.2, 0.25) is 0 Å². The van der Waals surface area contributed by atoms with Crippen molar-refractivity contribution in [2.45, 2.75) is 16.7 Å². The van der Waals surface area contributed by atoms with E-state index in [1.54, 1.807) is 19.1 Å². The van der Waals surface area contributed by atoms with E-state index in [0.29, 0.717) is 15.6 Å². The molecule has 0 amide bonds. The lowest BCUT2D eigenvalue weighted by Crippen LogP contribution is -1.94. The number of hydrogen-bond acceptors (Lipinski definition) is 2. The Morgan fingerprint density at radius 2 is 1.78 bits per heavy atom. The van der Waals surface area contributed by atoms with Crippen molar-refractivity contribution in [2.75, 3.05) is 0 Å². The smallest absolute Gasteiger partial charge is 0.160 e. The molecule has 1 nitrogen and oxygen atoms in total. The summed E-state index contributed by atoms with van der Waals surface area (Å²) in [6.45, 7) is 1.56. The second-order valence-corrected chi connectivity index (χ2v) is 5.66. The van der Waals surface area contributed by atoms with Gasteiger partial charge >= 0.3 is 0 Å². The molecule has 4 heteroatoms. The Kier molecular flexibility index (Phi) is 4.33. The second kappa shape index (κ2) is 5.79. The van der Waals surface area contributed by atoms with Crippen LogP contribution in [0, 0.1) is 0 Å². The van der Waals surface area contributed by atoms with Crippen LogP contribution in [0.25, 0.3) is 0 Å². The van der Waals surface area contributed by atoms with Crippen molar-refractivity contribution in [1.29, 1.82) is 0 Å². The van der Waals surface area contributed by atoms with Crippen LogP contribution in [-0.4, -0.2) is 5.78 Å². The summed E-state index contributed by atoms with van der Waals surface area (Å²) in [5, 5.41) is 1.04. The molecule has 18 heavy (non-hydrogen) atoms. The normalized spacial score (nSPS) is 10.4. The predicted molar refractivity (Wildman–Crippen MR) is 77.0 cm³/mol. The molecule has 0 aliphatic carbocycles. The number of hydrogen-bond donors (Lipinski definition) is 0. The van der Waals surface area contributed by atoms with Gasteiger partial charge < -0.3 is 0 Å². The van der Waals surface area contributed by atoms with Crippen molar-refractivity contribution in [2.24, 2.45) is 0 Å². The summed E-state index contributed by atoms with van der Waals surface area (Å²) in [4.78, 5) is 13.4. The minimum atomic E-state index is 0.0539. The fraction of sp³-hybridized carbons (Fsp3) is 0.0714. The second-order valence-electron chi connectivity index (χ2n) is 3.73. The van der Waals surface area contributed by atoms with E-state index in [0.717, 1.165) is 9.79 Å². The Hall–Kier alpha value is -0.960. The molecule has 0 saturated heterocycles. The Labute approximate surface area is 120 Å². The lowest BCUT2D eigenvalue weighted by Gasteiger charge is -2.07. The van der Waals surface area contributed by atoms with Gasteiger partial charge in [-0.25, -0.2) is 0 Å². The van der Waals surface area contributed by atoms with Gasteiger partial charge in [-0.05, 0) is 31.2 Å². The van der Waals surface area contributed by atoms with Gasteiger partial charge in [0.05, 0.1) is 10.0 Å². The van der Waals surface area contributed by atoms with Crippen LogP contribution >= 0.6 is 35.0 Å². The summed E-state index contributed by atoms with van der Waals surface area (Å²) in [6.07, 6.45) is 0. The van der Waals surface area contributed by atoms with Crippen LogP contribution in [0.2, 0.25) is 10.0 Å². The summed E-state index contributed by atoms with van der Waals surface area (Å²) in [7, 11) is 0. The summed E-state index contributed by atoms with van der Waals surface area (Å²) in [6, 6.07) is 12.9. The third-order valence-corrected chi connectivity index (χ3v) is 4.19. The van der Waals surface area contributed by atoms with Gasteiger partial charge in [0.15, 0.2) is 5.78 Å². The van der Waals surface area contributed by atoms with Crippen LogP contribution < -0.4 is 0 Å². The van der Waals surface area contributed by atoms with E-state index in [-0.39, 0.29) is 5.78 Å². The Bertz CT molecular complexity index is 596. The van der Waals surface area contributed by atoms with Crippen molar-refractivity contribution in [3.63, 3.8) is 0 Å². The van der Waals surface area contributed by atoms with Gasteiger partial charge in [-0.2, -0.15) is 0 Å². The Morgan fingerprint density at radius 1 is 1.06 bits per heavy atom. The fourth-order valence-electron chi connectivity index (χ4n) is 1.51. The van der Waals surface area contributed by atoms with Crippen molar-refractivity contribution in [1.82, 2.24) is 0 Å². The van der Waals surface area contributed by atoms with Crippen molar-refractivity contribution < 1.29 is 4.79 Å². The van der Waals surface area contributed by atoms with Crippen LogP contribution in [0.15, 0.2) is 52.3 Å². The highest BCUT2D eigenvalue weighted by atomic mass is 35.5. The van der Waals surface area contributed by atoms with Crippen LogP contribution in [0.4, 0.5) is 0 Å². The van der Waals surface area contributed by atoms with Gasteiger partial charge in [0, 0.05) is 15.4 Å². The van der Waals surface area contributed by atoms with Crippen LogP contribution in [0.1, 0.15) is 17.3 Å². The number of Topliss-reactive ketones (excluding diaryl/α,β-unsaturated/α-hetero) is 1. The highest BCUT2D eigenvalue weighted by Crippen LogP contribution is 2.34. The van der Waals surface area contributed by atoms with E-state index in [1.807, 2.05) is 30.3 Å². The molecule has 2 rings (SSSR count). The highest BCUT2D eigenvalue weighted by molar-refractivity contribution is 7.99. The molecule has 0 atom stereocenters. The first-order valence-corrected chi connectivity index (χ1v) is 6.88. The van der Waals surface area contributed by atoms with Crippen LogP contribution in [0.5, 0.6) is 0 Å². The predicted octanol–water partition coefficient (Wildman–Crippen LogP) is 5.35. The summed E-state index contributed by atoms with van der Waals surface area (Å²) in [5.41, 5.74) is 0.716. The van der Waals surface area contributed by atoms with Crippen molar-refractivity contribution in [3.05, 3.63) is 58.1 Å². The quantitative estimate of drug-likeness (QED) is 0.711. The zero-order chi connectivity index (χ0) is 13.1. The molecule has 2 aromatic rings. The first-order chi connectivity index (χ1) is 8.58. The molecule has 0 aliphatic heterocycles. The van der Waals surface area contributed by atoms with E-state index >= 15 is 0 Å². The van der Waals surface area contributed by atoms with Crippen LogP contribution in [-0.2, 0) is 0 Å². The molecule has 0 N–H and O–H groups in total. The molecular weight excluding hydrogens is 287 g/mol. The molecule has 0 unspecified atom stereocenters. The average molecular weight is 297 g/mol. The standard InChI is InChI=1S/C14H10Cl2OS/c1-9(17)11-4-2-3-5-14(11)18-10-6-7-12(15)13(16)8-10/h2-8H,1H3. The number of halogens is 2. The van der Waals surface area contributed by atoms with E-state index < -0.39 is 0 Å². The lowest BCUT2D eigenvalue weighted by molar-refractivity contribution is 0.101. The number of ketones is 1. The third-order valence-electron chi connectivity index (χ3n) is 2.39. The Balaban J connectivity index is 2.34. The molecule has 0 saturated carbocycles. The van der Waals surface area contributed by atoms with Gasteiger partial charge in [-0.1, -0.05) is 53.2 Å². The maximum atomic E-state index is 11.5. The van der Waals surface area contributed by atoms with Gasteiger partial charge in [0.1, 0.15) is 0 Å². The average Bonchev–Trinajstić information content (AvgIpc) is 2.34. The number of carbonyl (C=O) groups excluding carboxylic acids is 1. The van der Waals surface area contributed by atoms with E-state index in [4.69, 9.17) is 23.2 Å². The number of rotatable bonds is 3. The van der Waals surface area contributed by atoms with Gasteiger partial charge in [0.25, 0.3) is 0 Å². The lowest BCUT2D eigenvalue weighted by atomic mass is 10.1. The zero-order valence-electron chi connectivity index (χ0n) is 9.61. The fourth-order valence-corrected chi connectivity index (χ4v) is 2.91.